The first-order chi connectivity index (χ1) is 10.5. The van der Waals surface area contributed by atoms with E-state index in [1.54, 1.807) is 0 Å². The van der Waals surface area contributed by atoms with Crippen LogP contribution in [0.3, 0.4) is 0 Å². The van der Waals surface area contributed by atoms with Crippen molar-refractivity contribution in [1.29, 1.82) is 0 Å². The predicted octanol–water partition coefficient (Wildman–Crippen LogP) is 6.66. The van der Waals surface area contributed by atoms with Crippen LogP contribution in [0.4, 0.5) is 0 Å². The van der Waals surface area contributed by atoms with Crippen LogP contribution in [0.1, 0.15) is 85.0 Å². The third-order valence-electron chi connectivity index (χ3n) is 9.23. The fourth-order valence-electron chi connectivity index (χ4n) is 8.08. The highest BCUT2D eigenvalue weighted by molar-refractivity contribution is 6.20. The second kappa shape index (κ2) is 5.40. The van der Waals surface area contributed by atoms with Crippen molar-refractivity contribution in [3.63, 3.8) is 0 Å². The number of fused-ring (bicyclic) bond motifs is 5. The molecule has 0 radical (unpaired) electrons. The molecule has 4 saturated carbocycles. The zero-order valence-corrected chi connectivity index (χ0v) is 15.7. The quantitative estimate of drug-likeness (QED) is 0.473. The van der Waals surface area contributed by atoms with E-state index < -0.39 is 0 Å². The summed E-state index contributed by atoms with van der Waals surface area (Å²) in [5.74, 6) is 4.72. The molecule has 4 aliphatic rings. The molecule has 0 heterocycles. The Hall–Kier alpha value is 0.290. The summed E-state index contributed by atoms with van der Waals surface area (Å²) < 4.78 is 0. The Morgan fingerprint density at radius 2 is 1.64 bits per heavy atom. The minimum absolute atomic E-state index is 0.467. The van der Waals surface area contributed by atoms with Gasteiger partial charge in [0, 0.05) is 5.38 Å². The van der Waals surface area contributed by atoms with Crippen molar-refractivity contribution in [2.45, 2.75) is 90.4 Å². The zero-order chi connectivity index (χ0) is 15.5. The van der Waals surface area contributed by atoms with Gasteiger partial charge in [-0.05, 0) is 85.4 Å². The van der Waals surface area contributed by atoms with E-state index in [-0.39, 0.29) is 0 Å². The van der Waals surface area contributed by atoms with Crippen LogP contribution < -0.4 is 0 Å². The maximum absolute atomic E-state index is 7.01. The lowest BCUT2D eigenvalue weighted by Crippen LogP contribution is -2.55. The van der Waals surface area contributed by atoms with Crippen LogP contribution in [0.2, 0.25) is 0 Å². The molecular weight excluding hydrogens is 288 g/mol. The first-order valence-electron chi connectivity index (χ1n) is 10.1. The number of alkyl halides is 1. The molecule has 0 aromatic carbocycles. The van der Waals surface area contributed by atoms with Gasteiger partial charge in [0.15, 0.2) is 0 Å². The lowest BCUT2D eigenvalue weighted by atomic mass is 9.44. The minimum atomic E-state index is 0.467. The Morgan fingerprint density at radius 3 is 2.41 bits per heavy atom. The molecule has 22 heavy (non-hydrogen) atoms. The van der Waals surface area contributed by atoms with E-state index in [9.17, 15) is 0 Å². The second-order valence-corrected chi connectivity index (χ2v) is 10.3. The van der Waals surface area contributed by atoms with Gasteiger partial charge in [0.2, 0.25) is 0 Å². The fourth-order valence-corrected chi connectivity index (χ4v) is 8.70. The van der Waals surface area contributed by atoms with E-state index >= 15 is 0 Å². The molecule has 126 valence electrons. The number of rotatable bonds is 1. The van der Waals surface area contributed by atoms with Crippen LogP contribution in [0.5, 0.6) is 0 Å². The van der Waals surface area contributed by atoms with Gasteiger partial charge < -0.3 is 0 Å². The van der Waals surface area contributed by atoms with E-state index in [4.69, 9.17) is 11.6 Å². The summed E-state index contributed by atoms with van der Waals surface area (Å²) in [6.45, 7) is 7.71. The molecule has 0 aromatic rings. The molecule has 0 aromatic heterocycles. The fraction of sp³-hybridized carbons (Fsp3) is 1.00. The number of halogens is 1. The first-order valence-corrected chi connectivity index (χ1v) is 10.6. The van der Waals surface area contributed by atoms with Gasteiger partial charge in [-0.1, -0.05) is 40.0 Å². The molecule has 0 saturated heterocycles. The third-order valence-corrected chi connectivity index (χ3v) is 9.72. The molecule has 0 nitrogen and oxygen atoms in total. The van der Waals surface area contributed by atoms with Gasteiger partial charge in [0.05, 0.1) is 0 Å². The molecule has 1 heteroatoms. The molecule has 4 rings (SSSR count). The molecule has 8 atom stereocenters. The lowest BCUT2D eigenvalue weighted by molar-refractivity contribution is -0.108. The highest BCUT2D eigenvalue weighted by Crippen LogP contribution is 2.68. The van der Waals surface area contributed by atoms with Crippen LogP contribution in [0.15, 0.2) is 0 Å². The predicted molar refractivity (Wildman–Crippen MR) is 95.1 cm³/mol. The van der Waals surface area contributed by atoms with Gasteiger partial charge >= 0.3 is 0 Å². The smallest absolute Gasteiger partial charge is 0.0372 e. The van der Waals surface area contributed by atoms with Crippen LogP contribution >= 0.6 is 11.6 Å². The summed E-state index contributed by atoms with van der Waals surface area (Å²) in [6.07, 6.45) is 14.5. The average molecular weight is 323 g/mol. The molecule has 4 aliphatic carbocycles. The molecule has 2 unspecified atom stereocenters. The Kier molecular flexibility index (Phi) is 3.88. The van der Waals surface area contributed by atoms with Crippen LogP contribution in [0.25, 0.3) is 0 Å². The van der Waals surface area contributed by atoms with Crippen molar-refractivity contribution in [2.75, 3.05) is 0 Å². The van der Waals surface area contributed by atoms with Gasteiger partial charge in [-0.15, -0.1) is 11.6 Å². The highest BCUT2D eigenvalue weighted by atomic mass is 35.5. The number of hydrogen-bond donors (Lipinski definition) is 0. The topological polar surface area (TPSA) is 0 Å². The molecule has 0 amide bonds. The summed E-state index contributed by atoms with van der Waals surface area (Å²) in [7, 11) is 0. The van der Waals surface area contributed by atoms with E-state index in [1.165, 1.54) is 64.2 Å². The van der Waals surface area contributed by atoms with Gasteiger partial charge in [-0.3, -0.25) is 0 Å². The first kappa shape index (κ1) is 15.8. The summed E-state index contributed by atoms with van der Waals surface area (Å²) in [6, 6.07) is 0. The molecule has 0 aliphatic heterocycles. The van der Waals surface area contributed by atoms with E-state index in [1.807, 2.05) is 0 Å². The van der Waals surface area contributed by atoms with Gasteiger partial charge in [-0.25, -0.2) is 0 Å². The molecule has 0 bridgehead atoms. The van der Waals surface area contributed by atoms with Crippen molar-refractivity contribution in [3.8, 4) is 0 Å². The molecule has 0 spiro atoms. The van der Waals surface area contributed by atoms with Crippen LogP contribution in [-0.4, -0.2) is 5.38 Å². The lowest BCUT2D eigenvalue weighted by Gasteiger charge is -2.61. The summed E-state index contributed by atoms with van der Waals surface area (Å²) in [4.78, 5) is 0. The maximum atomic E-state index is 7.01. The van der Waals surface area contributed by atoms with E-state index in [0.29, 0.717) is 16.2 Å². The molecule has 4 fully saturated rings. The van der Waals surface area contributed by atoms with Crippen molar-refractivity contribution >= 4 is 11.6 Å². The largest absolute Gasteiger partial charge is 0.123 e. The van der Waals surface area contributed by atoms with Crippen molar-refractivity contribution in [3.05, 3.63) is 0 Å². The molecular formula is C21H35Cl. The zero-order valence-electron chi connectivity index (χ0n) is 14.9. The van der Waals surface area contributed by atoms with Gasteiger partial charge in [0.25, 0.3) is 0 Å². The summed E-state index contributed by atoms with van der Waals surface area (Å²) in [5.41, 5.74) is 1.21. The van der Waals surface area contributed by atoms with Crippen molar-refractivity contribution in [1.82, 2.24) is 0 Å². The summed E-state index contributed by atoms with van der Waals surface area (Å²) >= 11 is 7.01. The highest BCUT2D eigenvalue weighted by Gasteiger charge is 2.60. The SMILES string of the molecule is CC[C@H]1CC[C@H]2[C@@H]3CC(Cl)C4CCCC[C@]4(C)[C@H]3CC[C@]12C. The van der Waals surface area contributed by atoms with E-state index in [2.05, 4.69) is 20.8 Å². The normalized spacial score (nSPS) is 57.8. The van der Waals surface area contributed by atoms with Crippen molar-refractivity contribution in [2.24, 2.45) is 40.4 Å². The minimum Gasteiger partial charge on any atom is -0.123 e. The average Bonchev–Trinajstić information content (AvgIpc) is 2.84. The standard InChI is InChI=1S/C21H35Cl/c1-4-14-8-9-16-15-13-19(22)18-7-5-6-11-21(18,3)17(15)10-12-20(14,16)2/h14-19H,4-13H2,1-3H3/t14-,15-,16-,17-,18?,19?,20+,21+/m0/s1. The Balaban J connectivity index is 1.66. The van der Waals surface area contributed by atoms with Crippen molar-refractivity contribution < 1.29 is 0 Å². The Bertz CT molecular complexity index is 432. The van der Waals surface area contributed by atoms with Gasteiger partial charge in [0.1, 0.15) is 0 Å². The monoisotopic (exact) mass is 322 g/mol. The van der Waals surface area contributed by atoms with Crippen LogP contribution in [-0.2, 0) is 0 Å². The third kappa shape index (κ3) is 2.01. The second-order valence-electron chi connectivity index (χ2n) is 9.71. The van der Waals surface area contributed by atoms with Gasteiger partial charge in [-0.2, -0.15) is 0 Å². The Morgan fingerprint density at radius 1 is 0.864 bits per heavy atom. The van der Waals surface area contributed by atoms with E-state index in [0.717, 1.165) is 29.6 Å². The molecule has 0 N–H and O–H groups in total. The maximum Gasteiger partial charge on any atom is 0.0372 e. The van der Waals surface area contributed by atoms with Crippen LogP contribution in [0, 0.1) is 40.4 Å². The Labute approximate surface area is 142 Å². The number of hydrogen-bond acceptors (Lipinski definition) is 0. The summed E-state index contributed by atoms with van der Waals surface area (Å²) in [5, 5.41) is 0.467.